The summed E-state index contributed by atoms with van der Waals surface area (Å²) in [6.07, 6.45) is 3.98. The fourth-order valence-corrected chi connectivity index (χ4v) is 2.17. The SMILES string of the molecule is CC(C)(NC(=O)N(CCO)C1CCCC1)C(=O)O. The number of nitrogens with one attached hydrogen (secondary N) is 1. The number of carbonyl (C=O) groups is 2. The van der Waals surface area contributed by atoms with E-state index < -0.39 is 17.5 Å². The van der Waals surface area contributed by atoms with Crippen molar-refractivity contribution in [3.8, 4) is 0 Å². The van der Waals surface area contributed by atoms with Crippen molar-refractivity contribution >= 4 is 12.0 Å². The van der Waals surface area contributed by atoms with Crippen LogP contribution in [0.3, 0.4) is 0 Å². The monoisotopic (exact) mass is 258 g/mol. The van der Waals surface area contributed by atoms with Crippen molar-refractivity contribution in [3.63, 3.8) is 0 Å². The van der Waals surface area contributed by atoms with Crippen LogP contribution in [0, 0.1) is 0 Å². The average Bonchev–Trinajstić information content (AvgIpc) is 2.77. The van der Waals surface area contributed by atoms with Crippen LogP contribution in [0.4, 0.5) is 4.79 Å². The molecule has 1 aliphatic carbocycles. The van der Waals surface area contributed by atoms with Gasteiger partial charge in [-0.05, 0) is 26.7 Å². The van der Waals surface area contributed by atoms with Crippen molar-refractivity contribution in [1.29, 1.82) is 0 Å². The van der Waals surface area contributed by atoms with Gasteiger partial charge in [0.25, 0.3) is 0 Å². The molecule has 0 saturated heterocycles. The van der Waals surface area contributed by atoms with Gasteiger partial charge in [0.1, 0.15) is 5.54 Å². The Morgan fingerprint density at radius 1 is 1.33 bits per heavy atom. The quantitative estimate of drug-likeness (QED) is 0.680. The Labute approximate surface area is 107 Å². The highest BCUT2D eigenvalue weighted by Gasteiger charge is 2.33. The van der Waals surface area contributed by atoms with E-state index in [-0.39, 0.29) is 19.2 Å². The van der Waals surface area contributed by atoms with Crippen LogP contribution in [0.5, 0.6) is 0 Å². The number of aliphatic hydroxyl groups is 1. The molecule has 0 aromatic heterocycles. The second kappa shape index (κ2) is 6.04. The molecular formula is C12H22N2O4. The summed E-state index contributed by atoms with van der Waals surface area (Å²) in [6.45, 7) is 3.02. The molecule has 0 aliphatic heterocycles. The molecule has 6 nitrogen and oxygen atoms in total. The number of aliphatic carboxylic acids is 1. The number of carbonyl (C=O) groups excluding carboxylic acids is 1. The van der Waals surface area contributed by atoms with E-state index >= 15 is 0 Å². The summed E-state index contributed by atoms with van der Waals surface area (Å²) in [6, 6.07) is -0.301. The third kappa shape index (κ3) is 3.60. The van der Waals surface area contributed by atoms with Gasteiger partial charge in [0.15, 0.2) is 0 Å². The summed E-state index contributed by atoms with van der Waals surface area (Å²) >= 11 is 0. The van der Waals surface area contributed by atoms with E-state index in [9.17, 15) is 9.59 Å². The van der Waals surface area contributed by atoms with E-state index in [2.05, 4.69) is 5.32 Å². The maximum absolute atomic E-state index is 12.1. The van der Waals surface area contributed by atoms with Gasteiger partial charge in [0.2, 0.25) is 0 Å². The van der Waals surface area contributed by atoms with Gasteiger partial charge >= 0.3 is 12.0 Å². The van der Waals surface area contributed by atoms with Gasteiger partial charge in [-0.2, -0.15) is 0 Å². The molecule has 104 valence electrons. The van der Waals surface area contributed by atoms with Crippen LogP contribution in [-0.4, -0.2) is 51.8 Å². The van der Waals surface area contributed by atoms with Gasteiger partial charge in [-0.25, -0.2) is 9.59 Å². The Morgan fingerprint density at radius 2 is 1.89 bits per heavy atom. The van der Waals surface area contributed by atoms with E-state index in [1.54, 1.807) is 4.90 Å². The molecule has 3 N–H and O–H groups in total. The number of hydrogen-bond acceptors (Lipinski definition) is 3. The minimum absolute atomic E-state index is 0.113. The number of rotatable bonds is 5. The Balaban J connectivity index is 2.67. The molecule has 1 fully saturated rings. The van der Waals surface area contributed by atoms with Crippen molar-refractivity contribution in [1.82, 2.24) is 10.2 Å². The smallest absolute Gasteiger partial charge is 0.328 e. The molecule has 1 rings (SSSR count). The molecule has 1 aliphatic rings. The third-order valence-corrected chi connectivity index (χ3v) is 3.32. The van der Waals surface area contributed by atoms with Gasteiger partial charge in [0, 0.05) is 12.6 Å². The first-order valence-electron chi connectivity index (χ1n) is 6.31. The third-order valence-electron chi connectivity index (χ3n) is 3.32. The number of carboxylic acid groups (broad SMARTS) is 1. The molecule has 0 atom stereocenters. The van der Waals surface area contributed by atoms with Crippen LogP contribution in [0.15, 0.2) is 0 Å². The predicted molar refractivity (Wildman–Crippen MR) is 66.3 cm³/mol. The fraction of sp³-hybridized carbons (Fsp3) is 0.833. The average molecular weight is 258 g/mol. The molecule has 18 heavy (non-hydrogen) atoms. The molecule has 0 aromatic rings. The summed E-state index contributed by atoms with van der Waals surface area (Å²) in [5.41, 5.74) is -1.30. The molecule has 0 aromatic carbocycles. The lowest BCUT2D eigenvalue weighted by molar-refractivity contribution is -0.143. The number of amides is 2. The van der Waals surface area contributed by atoms with Crippen molar-refractivity contribution < 1.29 is 19.8 Å². The van der Waals surface area contributed by atoms with Crippen LogP contribution < -0.4 is 5.32 Å². The Bertz CT molecular complexity index is 311. The van der Waals surface area contributed by atoms with Crippen LogP contribution >= 0.6 is 0 Å². The van der Waals surface area contributed by atoms with Gasteiger partial charge in [-0.1, -0.05) is 12.8 Å². The summed E-state index contributed by atoms with van der Waals surface area (Å²) in [5, 5.41) is 20.5. The zero-order chi connectivity index (χ0) is 13.8. The number of aliphatic hydroxyl groups excluding tert-OH is 1. The minimum atomic E-state index is -1.30. The van der Waals surface area contributed by atoms with Crippen LogP contribution in [0.2, 0.25) is 0 Å². The standard InChI is InChI=1S/C12H22N2O4/c1-12(2,10(16)17)13-11(18)14(7-8-15)9-5-3-4-6-9/h9,15H,3-8H2,1-2H3,(H,13,18)(H,16,17). The molecular weight excluding hydrogens is 236 g/mol. The van der Waals surface area contributed by atoms with Gasteiger partial charge in [-0.3, -0.25) is 0 Å². The van der Waals surface area contributed by atoms with Crippen LogP contribution in [-0.2, 0) is 4.79 Å². The zero-order valence-corrected chi connectivity index (χ0v) is 11.0. The van der Waals surface area contributed by atoms with Crippen molar-refractivity contribution in [2.45, 2.75) is 51.1 Å². The number of nitrogens with zero attached hydrogens (tertiary/aromatic N) is 1. The van der Waals surface area contributed by atoms with E-state index in [1.165, 1.54) is 13.8 Å². The van der Waals surface area contributed by atoms with Gasteiger partial charge in [-0.15, -0.1) is 0 Å². The topological polar surface area (TPSA) is 89.9 Å². The number of hydrogen-bond donors (Lipinski definition) is 3. The first-order valence-corrected chi connectivity index (χ1v) is 6.31. The first-order chi connectivity index (χ1) is 8.38. The molecule has 0 spiro atoms. The van der Waals surface area contributed by atoms with Crippen molar-refractivity contribution in [2.24, 2.45) is 0 Å². The lowest BCUT2D eigenvalue weighted by atomic mass is 10.1. The molecule has 0 heterocycles. The Hall–Kier alpha value is -1.30. The second-order valence-corrected chi connectivity index (χ2v) is 5.22. The van der Waals surface area contributed by atoms with Crippen molar-refractivity contribution in [2.75, 3.05) is 13.2 Å². The number of urea groups is 1. The summed E-state index contributed by atoms with van der Waals surface area (Å²) < 4.78 is 0. The zero-order valence-electron chi connectivity index (χ0n) is 11.0. The van der Waals surface area contributed by atoms with Crippen LogP contribution in [0.1, 0.15) is 39.5 Å². The molecule has 0 radical (unpaired) electrons. The Kier molecular flexibility index (Phi) is 4.95. The summed E-state index contributed by atoms with van der Waals surface area (Å²) in [4.78, 5) is 24.6. The Morgan fingerprint density at radius 3 is 2.33 bits per heavy atom. The molecule has 0 unspecified atom stereocenters. The highest BCUT2D eigenvalue weighted by Crippen LogP contribution is 2.23. The predicted octanol–water partition coefficient (Wildman–Crippen LogP) is 0.796. The van der Waals surface area contributed by atoms with Crippen molar-refractivity contribution in [3.05, 3.63) is 0 Å². The van der Waals surface area contributed by atoms with Gasteiger partial charge < -0.3 is 20.4 Å². The second-order valence-electron chi connectivity index (χ2n) is 5.22. The molecule has 2 amide bonds. The summed E-state index contributed by atoms with van der Waals surface area (Å²) in [5.74, 6) is -1.08. The lowest BCUT2D eigenvalue weighted by Crippen LogP contribution is -2.56. The molecule has 6 heteroatoms. The first kappa shape index (κ1) is 14.8. The maximum atomic E-state index is 12.1. The minimum Gasteiger partial charge on any atom is -0.480 e. The van der Waals surface area contributed by atoms with Gasteiger partial charge in [0.05, 0.1) is 6.61 Å². The van der Waals surface area contributed by atoms with E-state index in [0.717, 1.165) is 25.7 Å². The largest absolute Gasteiger partial charge is 0.480 e. The lowest BCUT2D eigenvalue weighted by Gasteiger charge is -2.32. The molecule has 0 bridgehead atoms. The van der Waals surface area contributed by atoms with E-state index in [4.69, 9.17) is 10.2 Å². The van der Waals surface area contributed by atoms with E-state index in [1.807, 2.05) is 0 Å². The highest BCUT2D eigenvalue weighted by atomic mass is 16.4. The fourth-order valence-electron chi connectivity index (χ4n) is 2.17. The molecule has 1 saturated carbocycles. The highest BCUT2D eigenvalue weighted by molar-refractivity contribution is 5.85. The number of carboxylic acids is 1. The van der Waals surface area contributed by atoms with Crippen LogP contribution in [0.25, 0.3) is 0 Å². The summed E-state index contributed by atoms with van der Waals surface area (Å²) in [7, 11) is 0. The maximum Gasteiger partial charge on any atom is 0.328 e. The normalized spacial score (nSPS) is 16.6. The van der Waals surface area contributed by atoms with E-state index in [0.29, 0.717) is 0 Å².